The van der Waals surface area contributed by atoms with Crippen molar-refractivity contribution < 1.29 is 18.0 Å². The summed E-state index contributed by atoms with van der Waals surface area (Å²) in [6.07, 6.45) is -1.25. The van der Waals surface area contributed by atoms with Gasteiger partial charge in [-0.2, -0.15) is 40.2 Å². The lowest BCUT2D eigenvalue weighted by Gasteiger charge is -2.37. The van der Waals surface area contributed by atoms with E-state index in [0.29, 0.717) is 5.92 Å². The average Bonchev–Trinajstić information content (AvgIpc) is 3.00. The third kappa shape index (κ3) is 5.56. The zero-order chi connectivity index (χ0) is 17.3. The Labute approximate surface area is 174 Å². The monoisotopic (exact) mass is 472 g/mol. The van der Waals surface area contributed by atoms with Crippen molar-refractivity contribution in [2.24, 2.45) is 11.1 Å². The van der Waals surface area contributed by atoms with E-state index in [1.54, 1.807) is 12.1 Å². The molecule has 2 atom stereocenters. The van der Waals surface area contributed by atoms with Gasteiger partial charge in [-0.05, 0) is 66.5 Å². The van der Waals surface area contributed by atoms with Crippen LogP contribution in [0.5, 0.6) is 0 Å². The van der Waals surface area contributed by atoms with Gasteiger partial charge in [0, 0.05) is 18.4 Å². The van der Waals surface area contributed by atoms with Crippen molar-refractivity contribution in [3.8, 4) is 0 Å². The first-order chi connectivity index (χ1) is 11.3. The second-order valence-corrected chi connectivity index (χ2v) is 7.40. The highest BCUT2D eigenvalue weighted by Gasteiger charge is 2.33. The number of likely N-dealkylation sites (tertiary alicyclic amines) is 1. The Bertz CT molecular complexity index is 605. The minimum absolute atomic E-state index is 0. The van der Waals surface area contributed by atoms with E-state index in [-0.39, 0.29) is 39.1 Å². The SMILES string of the molecule is C[C@@H](c1ccc(C(F)(F)F)cc1)N1CCC([C@@H]2CC(Br)=NO2)CC1.S.S. The first kappa shape index (κ1) is 23.7. The lowest BCUT2D eigenvalue weighted by molar-refractivity contribution is -0.137. The fourth-order valence-corrected chi connectivity index (χ4v) is 3.86. The molecule has 3 nitrogen and oxygen atoms in total. The van der Waals surface area contributed by atoms with E-state index in [9.17, 15) is 13.2 Å². The minimum atomic E-state index is -4.28. The maximum atomic E-state index is 12.7. The molecule has 148 valence electrons. The summed E-state index contributed by atoms with van der Waals surface area (Å²) in [6.45, 7) is 3.89. The Morgan fingerprint density at radius 2 is 1.73 bits per heavy atom. The highest BCUT2D eigenvalue weighted by atomic mass is 79.9. The van der Waals surface area contributed by atoms with Gasteiger partial charge in [-0.3, -0.25) is 4.90 Å². The van der Waals surface area contributed by atoms with Crippen molar-refractivity contribution in [3.63, 3.8) is 0 Å². The fraction of sp³-hybridized carbons (Fsp3) is 0.588. The molecule has 1 saturated heterocycles. The van der Waals surface area contributed by atoms with Gasteiger partial charge in [0.25, 0.3) is 0 Å². The highest BCUT2D eigenvalue weighted by molar-refractivity contribution is 9.18. The van der Waals surface area contributed by atoms with Crippen LogP contribution in [0, 0.1) is 5.92 Å². The van der Waals surface area contributed by atoms with Crippen LogP contribution in [0.3, 0.4) is 0 Å². The van der Waals surface area contributed by atoms with E-state index >= 15 is 0 Å². The van der Waals surface area contributed by atoms with Crippen LogP contribution in [0.1, 0.15) is 43.4 Å². The average molecular weight is 473 g/mol. The van der Waals surface area contributed by atoms with E-state index in [4.69, 9.17) is 4.84 Å². The summed E-state index contributed by atoms with van der Waals surface area (Å²) >= 11 is 3.37. The second kappa shape index (κ2) is 9.71. The van der Waals surface area contributed by atoms with Crippen molar-refractivity contribution in [3.05, 3.63) is 35.4 Å². The van der Waals surface area contributed by atoms with Gasteiger partial charge >= 0.3 is 6.18 Å². The molecule has 0 aromatic heterocycles. The molecule has 0 spiro atoms. The molecule has 1 fully saturated rings. The Morgan fingerprint density at radius 3 is 2.19 bits per heavy atom. The normalized spacial score (nSPS) is 22.7. The highest BCUT2D eigenvalue weighted by Crippen LogP contribution is 2.34. The molecule has 1 aromatic carbocycles. The molecular weight excluding hydrogens is 449 g/mol. The van der Waals surface area contributed by atoms with Gasteiger partial charge in [0.05, 0.1) is 5.56 Å². The number of halogens is 4. The minimum Gasteiger partial charge on any atom is -0.391 e. The van der Waals surface area contributed by atoms with Gasteiger partial charge in [0.1, 0.15) is 10.7 Å². The smallest absolute Gasteiger partial charge is 0.391 e. The van der Waals surface area contributed by atoms with Gasteiger partial charge in [-0.25, -0.2) is 0 Å². The Hall–Kier alpha value is -0.380. The topological polar surface area (TPSA) is 24.8 Å². The number of nitrogens with zero attached hydrogens (tertiary/aromatic N) is 2. The number of piperidine rings is 1. The molecule has 26 heavy (non-hydrogen) atoms. The van der Waals surface area contributed by atoms with Gasteiger partial charge in [-0.15, -0.1) is 0 Å². The summed E-state index contributed by atoms with van der Waals surface area (Å²) in [6, 6.07) is 5.62. The standard InChI is InChI=1S/C17H20BrF3N2O.2H2S/c1-11(12-2-4-14(5-3-12)17(19,20)21)23-8-6-13(7-9-23)15-10-16(18)22-24-15;;/h2-5,11,13,15H,6-10H2,1H3;2*1H2/t11-,15-;;/m0../s1. The molecule has 2 heterocycles. The van der Waals surface area contributed by atoms with Gasteiger partial charge in [0.2, 0.25) is 0 Å². The van der Waals surface area contributed by atoms with Crippen molar-refractivity contribution in [2.75, 3.05) is 13.1 Å². The molecule has 0 aliphatic carbocycles. The molecule has 9 heteroatoms. The number of benzene rings is 1. The maximum absolute atomic E-state index is 12.7. The van der Waals surface area contributed by atoms with Crippen LogP contribution in [0.4, 0.5) is 13.2 Å². The molecule has 0 unspecified atom stereocenters. The van der Waals surface area contributed by atoms with Gasteiger partial charge in [0.15, 0.2) is 0 Å². The summed E-state index contributed by atoms with van der Waals surface area (Å²) < 4.78 is 38.8. The third-order valence-corrected chi connectivity index (χ3v) is 5.49. The molecular formula is C17H24BrF3N2OS2. The van der Waals surface area contributed by atoms with Crippen LogP contribution in [0.2, 0.25) is 0 Å². The lowest BCUT2D eigenvalue weighted by Crippen LogP contribution is -2.39. The zero-order valence-electron chi connectivity index (χ0n) is 14.4. The predicted octanol–water partition coefficient (Wildman–Crippen LogP) is 5.20. The zero-order valence-corrected chi connectivity index (χ0v) is 18.0. The van der Waals surface area contributed by atoms with Gasteiger partial charge in [-0.1, -0.05) is 17.3 Å². The molecule has 0 radical (unpaired) electrons. The summed E-state index contributed by atoms with van der Waals surface area (Å²) in [5.41, 5.74) is 0.325. The number of oxime groups is 1. The van der Waals surface area contributed by atoms with Crippen LogP contribution in [0.15, 0.2) is 29.4 Å². The first-order valence-electron chi connectivity index (χ1n) is 8.14. The van der Waals surface area contributed by atoms with Crippen LogP contribution in [0.25, 0.3) is 0 Å². The van der Waals surface area contributed by atoms with Crippen molar-refractivity contribution in [2.45, 2.75) is 44.5 Å². The van der Waals surface area contributed by atoms with Crippen LogP contribution < -0.4 is 0 Å². The number of hydrogen-bond donors (Lipinski definition) is 0. The molecule has 2 aliphatic rings. The summed E-state index contributed by atoms with van der Waals surface area (Å²) in [5, 5.41) is 3.95. The fourth-order valence-electron chi connectivity index (χ4n) is 3.46. The van der Waals surface area contributed by atoms with Gasteiger partial charge < -0.3 is 4.84 Å². The summed E-state index contributed by atoms with van der Waals surface area (Å²) in [5.74, 6) is 0.486. The third-order valence-electron chi connectivity index (χ3n) is 5.02. The quantitative estimate of drug-likeness (QED) is 0.603. The molecule has 3 rings (SSSR count). The lowest BCUT2D eigenvalue weighted by atomic mass is 9.89. The van der Waals surface area contributed by atoms with Crippen molar-refractivity contribution in [1.82, 2.24) is 4.90 Å². The van der Waals surface area contributed by atoms with Crippen LogP contribution in [-0.4, -0.2) is 28.7 Å². The van der Waals surface area contributed by atoms with Crippen molar-refractivity contribution >= 4 is 47.5 Å². The summed E-state index contributed by atoms with van der Waals surface area (Å²) in [4.78, 5) is 7.77. The largest absolute Gasteiger partial charge is 0.416 e. The molecule has 1 aromatic rings. The number of rotatable bonds is 3. The van der Waals surface area contributed by atoms with E-state index in [2.05, 4.69) is 32.9 Å². The van der Waals surface area contributed by atoms with Crippen LogP contribution >= 0.6 is 42.9 Å². The molecule has 0 bridgehead atoms. The molecule has 2 aliphatic heterocycles. The first-order valence-corrected chi connectivity index (χ1v) is 8.93. The van der Waals surface area contributed by atoms with Crippen LogP contribution in [-0.2, 0) is 11.0 Å². The van der Waals surface area contributed by atoms with E-state index < -0.39 is 11.7 Å². The molecule has 0 amide bonds. The van der Waals surface area contributed by atoms with E-state index in [0.717, 1.165) is 42.5 Å². The molecule has 0 saturated carbocycles. The Kier molecular flexibility index (Phi) is 8.83. The predicted molar refractivity (Wildman–Crippen MR) is 111 cm³/mol. The second-order valence-electron chi connectivity index (χ2n) is 6.48. The Balaban J connectivity index is 0.00000169. The molecule has 0 N–H and O–H groups in total. The van der Waals surface area contributed by atoms with E-state index in [1.165, 1.54) is 12.1 Å². The maximum Gasteiger partial charge on any atom is 0.416 e. The number of alkyl halides is 3. The number of hydrogen-bond acceptors (Lipinski definition) is 3. The Morgan fingerprint density at radius 1 is 1.15 bits per heavy atom. The van der Waals surface area contributed by atoms with E-state index in [1.807, 2.05) is 0 Å². The van der Waals surface area contributed by atoms with Crippen molar-refractivity contribution in [1.29, 1.82) is 0 Å². The summed E-state index contributed by atoms with van der Waals surface area (Å²) in [7, 11) is 0.